The molecule has 4 nitrogen and oxygen atoms in total. The Morgan fingerprint density at radius 2 is 1.93 bits per heavy atom. The van der Waals surface area contributed by atoms with Crippen LogP contribution in [0, 0.1) is 0 Å². The zero-order valence-corrected chi connectivity index (χ0v) is 9.36. The van der Waals surface area contributed by atoms with Gasteiger partial charge in [-0.1, -0.05) is 0 Å². The molecule has 4 atom stereocenters. The lowest BCUT2D eigenvalue weighted by atomic mass is 10.0. The van der Waals surface area contributed by atoms with E-state index in [1.807, 2.05) is 13.8 Å². The van der Waals surface area contributed by atoms with E-state index in [2.05, 4.69) is 0 Å². The van der Waals surface area contributed by atoms with Crippen LogP contribution in [0.4, 0.5) is 0 Å². The van der Waals surface area contributed by atoms with Gasteiger partial charge in [-0.05, 0) is 13.8 Å². The Morgan fingerprint density at radius 1 is 1.21 bits per heavy atom. The summed E-state index contributed by atoms with van der Waals surface area (Å²) in [7, 11) is 3.34. The summed E-state index contributed by atoms with van der Waals surface area (Å²) in [5, 5.41) is 0. The first-order chi connectivity index (χ1) is 6.74. The molecule has 1 heterocycles. The molecule has 1 aliphatic rings. The quantitative estimate of drug-likeness (QED) is 0.680. The fourth-order valence-corrected chi connectivity index (χ4v) is 1.84. The van der Waals surface area contributed by atoms with Crippen LogP contribution in [-0.2, 0) is 18.9 Å². The lowest BCUT2D eigenvalue weighted by Gasteiger charge is -2.39. The molecule has 1 rings (SSSR count). The van der Waals surface area contributed by atoms with Crippen LogP contribution in [0.2, 0.25) is 0 Å². The number of hydrogen-bond donors (Lipinski definition) is 0. The molecule has 1 fully saturated rings. The topological polar surface area (TPSA) is 36.9 Å². The van der Waals surface area contributed by atoms with E-state index in [0.717, 1.165) is 0 Å². The fourth-order valence-electron chi connectivity index (χ4n) is 1.84. The van der Waals surface area contributed by atoms with Gasteiger partial charge in [0, 0.05) is 20.8 Å². The summed E-state index contributed by atoms with van der Waals surface area (Å²) >= 11 is 0. The second-order valence-corrected chi connectivity index (χ2v) is 3.43. The molecule has 0 unspecified atom stereocenters. The van der Waals surface area contributed by atoms with Crippen molar-refractivity contribution in [3.63, 3.8) is 0 Å². The largest absolute Gasteiger partial charge is 0.376 e. The van der Waals surface area contributed by atoms with Crippen molar-refractivity contribution in [2.75, 3.05) is 27.4 Å². The molecule has 1 aliphatic heterocycles. The summed E-state index contributed by atoms with van der Waals surface area (Å²) in [5.74, 6) is 0. The number of ether oxygens (including phenoxy) is 4. The summed E-state index contributed by atoms with van der Waals surface area (Å²) in [6, 6.07) is 0. The molecule has 4 heteroatoms. The maximum atomic E-state index is 5.63. The van der Waals surface area contributed by atoms with Gasteiger partial charge >= 0.3 is 0 Å². The van der Waals surface area contributed by atoms with E-state index in [9.17, 15) is 0 Å². The third-order valence-electron chi connectivity index (χ3n) is 2.61. The molecule has 0 aliphatic carbocycles. The summed E-state index contributed by atoms with van der Waals surface area (Å²) < 4.78 is 21.8. The van der Waals surface area contributed by atoms with E-state index in [0.29, 0.717) is 13.2 Å². The van der Waals surface area contributed by atoms with Gasteiger partial charge in [0.15, 0.2) is 0 Å². The zero-order chi connectivity index (χ0) is 10.6. The first-order valence-electron chi connectivity index (χ1n) is 5.03. The molecule has 0 N–H and O–H groups in total. The Hall–Kier alpha value is -0.160. The minimum absolute atomic E-state index is 0.0289. The molecular formula is C10H20O4. The molecule has 0 aromatic carbocycles. The summed E-state index contributed by atoms with van der Waals surface area (Å²) in [6.45, 7) is 5.20. The van der Waals surface area contributed by atoms with Crippen LogP contribution in [-0.4, -0.2) is 51.8 Å². The highest BCUT2D eigenvalue weighted by Crippen LogP contribution is 2.22. The molecule has 0 amide bonds. The molecule has 0 bridgehead atoms. The zero-order valence-electron chi connectivity index (χ0n) is 9.36. The molecule has 1 saturated heterocycles. The van der Waals surface area contributed by atoms with Crippen molar-refractivity contribution in [3.8, 4) is 0 Å². The van der Waals surface area contributed by atoms with Crippen LogP contribution in [0.3, 0.4) is 0 Å². The van der Waals surface area contributed by atoms with E-state index in [4.69, 9.17) is 18.9 Å². The van der Waals surface area contributed by atoms with Crippen molar-refractivity contribution >= 4 is 0 Å². The average Bonchev–Trinajstić information content (AvgIpc) is 2.19. The van der Waals surface area contributed by atoms with Gasteiger partial charge in [0.2, 0.25) is 0 Å². The van der Waals surface area contributed by atoms with Gasteiger partial charge in [0.05, 0.1) is 12.7 Å². The van der Waals surface area contributed by atoms with Crippen molar-refractivity contribution in [1.29, 1.82) is 0 Å². The van der Waals surface area contributed by atoms with Gasteiger partial charge in [0.1, 0.15) is 18.3 Å². The lowest BCUT2D eigenvalue weighted by molar-refractivity contribution is -0.212. The molecule has 0 saturated carbocycles. The highest BCUT2D eigenvalue weighted by molar-refractivity contribution is 4.87. The second kappa shape index (κ2) is 5.66. The van der Waals surface area contributed by atoms with Gasteiger partial charge in [-0.2, -0.15) is 0 Å². The van der Waals surface area contributed by atoms with E-state index >= 15 is 0 Å². The predicted molar refractivity (Wildman–Crippen MR) is 52.4 cm³/mol. The highest BCUT2D eigenvalue weighted by Gasteiger charge is 2.39. The molecule has 0 aromatic heterocycles. The van der Waals surface area contributed by atoms with E-state index in [1.54, 1.807) is 14.2 Å². The SMILES string of the molecule is CCO[C@@H]1[C@H](OC)[C@@H](C)OC[C@@H]1OC. The van der Waals surface area contributed by atoms with E-state index in [-0.39, 0.29) is 24.4 Å². The number of methoxy groups -OCH3 is 2. The van der Waals surface area contributed by atoms with Crippen molar-refractivity contribution in [2.24, 2.45) is 0 Å². The molecule has 84 valence electrons. The first kappa shape index (κ1) is 11.9. The predicted octanol–water partition coefficient (Wildman–Crippen LogP) is 0.840. The normalized spacial score (nSPS) is 38.6. The summed E-state index contributed by atoms with van der Waals surface area (Å²) in [6.07, 6.45) is -0.0496. The Labute approximate surface area is 85.5 Å². The maximum Gasteiger partial charge on any atom is 0.114 e. The number of hydrogen-bond acceptors (Lipinski definition) is 4. The van der Waals surface area contributed by atoms with E-state index in [1.165, 1.54) is 0 Å². The van der Waals surface area contributed by atoms with Crippen molar-refractivity contribution in [2.45, 2.75) is 38.3 Å². The van der Waals surface area contributed by atoms with Crippen molar-refractivity contribution < 1.29 is 18.9 Å². The Balaban J connectivity index is 2.64. The Kier molecular flexibility index (Phi) is 4.81. The number of rotatable bonds is 4. The van der Waals surface area contributed by atoms with Crippen molar-refractivity contribution in [1.82, 2.24) is 0 Å². The van der Waals surface area contributed by atoms with Crippen LogP contribution < -0.4 is 0 Å². The smallest absolute Gasteiger partial charge is 0.114 e. The monoisotopic (exact) mass is 204 g/mol. The molecular weight excluding hydrogens is 184 g/mol. The standard InChI is InChI=1S/C10H20O4/c1-5-13-10-8(11-3)6-14-7(2)9(10)12-4/h7-10H,5-6H2,1-4H3/t7-,8+,9-,10+/m1/s1. The van der Waals surface area contributed by atoms with Gasteiger partial charge in [-0.3, -0.25) is 0 Å². The molecule has 0 spiro atoms. The van der Waals surface area contributed by atoms with Crippen molar-refractivity contribution in [3.05, 3.63) is 0 Å². The summed E-state index contributed by atoms with van der Waals surface area (Å²) in [4.78, 5) is 0. The van der Waals surface area contributed by atoms with Gasteiger partial charge in [-0.25, -0.2) is 0 Å². The minimum atomic E-state index is -0.0475. The van der Waals surface area contributed by atoms with Crippen LogP contribution in [0.1, 0.15) is 13.8 Å². The Morgan fingerprint density at radius 3 is 2.43 bits per heavy atom. The van der Waals surface area contributed by atoms with Crippen LogP contribution in [0.25, 0.3) is 0 Å². The first-order valence-corrected chi connectivity index (χ1v) is 5.03. The van der Waals surface area contributed by atoms with Gasteiger partial charge in [0.25, 0.3) is 0 Å². The summed E-state index contributed by atoms with van der Waals surface area (Å²) in [5.41, 5.74) is 0. The van der Waals surface area contributed by atoms with Crippen LogP contribution in [0.15, 0.2) is 0 Å². The second-order valence-electron chi connectivity index (χ2n) is 3.43. The molecule has 0 aromatic rings. The lowest BCUT2D eigenvalue weighted by Crippen LogP contribution is -2.54. The minimum Gasteiger partial charge on any atom is -0.376 e. The molecule has 0 radical (unpaired) electrons. The Bertz CT molecular complexity index is 162. The maximum absolute atomic E-state index is 5.63. The van der Waals surface area contributed by atoms with E-state index < -0.39 is 0 Å². The van der Waals surface area contributed by atoms with Crippen LogP contribution in [0.5, 0.6) is 0 Å². The van der Waals surface area contributed by atoms with Gasteiger partial charge in [-0.15, -0.1) is 0 Å². The van der Waals surface area contributed by atoms with Gasteiger partial charge < -0.3 is 18.9 Å². The highest BCUT2D eigenvalue weighted by atomic mass is 16.6. The molecule has 14 heavy (non-hydrogen) atoms. The van der Waals surface area contributed by atoms with Crippen LogP contribution >= 0.6 is 0 Å². The third kappa shape index (κ3) is 2.45. The fraction of sp³-hybridized carbons (Fsp3) is 1.00. The average molecular weight is 204 g/mol. The third-order valence-corrected chi connectivity index (χ3v) is 2.61.